The van der Waals surface area contributed by atoms with Crippen LogP contribution in [0.25, 0.3) is 0 Å². The minimum atomic E-state index is 0.0710. The molecule has 1 aromatic rings. The van der Waals surface area contributed by atoms with Crippen LogP contribution in [0.4, 0.5) is 5.69 Å². The van der Waals surface area contributed by atoms with Crippen molar-refractivity contribution in [1.82, 2.24) is 15.2 Å². The second-order valence-corrected chi connectivity index (χ2v) is 7.38. The lowest BCUT2D eigenvalue weighted by molar-refractivity contribution is -0.119. The molecule has 1 saturated carbocycles. The molecule has 25 heavy (non-hydrogen) atoms. The number of carbonyl (C=O) groups excluding carboxylic acids is 1. The largest absolute Gasteiger partial charge is 0.394 e. The summed E-state index contributed by atoms with van der Waals surface area (Å²) >= 11 is 0. The van der Waals surface area contributed by atoms with Crippen molar-refractivity contribution in [1.29, 1.82) is 0 Å². The van der Waals surface area contributed by atoms with Crippen LogP contribution >= 0.6 is 0 Å². The number of hydrogen-bond acceptors (Lipinski definition) is 5. The van der Waals surface area contributed by atoms with Gasteiger partial charge in [-0.1, -0.05) is 0 Å². The maximum Gasteiger partial charge on any atom is 0.217 e. The van der Waals surface area contributed by atoms with Gasteiger partial charge in [0.1, 0.15) is 0 Å². The second-order valence-electron chi connectivity index (χ2n) is 7.38. The highest BCUT2D eigenvalue weighted by Gasteiger charge is 2.30. The van der Waals surface area contributed by atoms with Crippen molar-refractivity contribution in [3.05, 3.63) is 24.0 Å². The molecule has 1 fully saturated rings. The lowest BCUT2D eigenvalue weighted by atomic mass is 9.89. The molecule has 0 saturated heterocycles. The minimum absolute atomic E-state index is 0.0710. The number of pyridine rings is 1. The summed E-state index contributed by atoms with van der Waals surface area (Å²) in [6, 6.07) is 5.05. The first-order valence-corrected chi connectivity index (χ1v) is 9.37. The first kappa shape index (κ1) is 18.1. The zero-order chi connectivity index (χ0) is 17.8. The predicted molar refractivity (Wildman–Crippen MR) is 98.4 cm³/mol. The van der Waals surface area contributed by atoms with Crippen LogP contribution in [0.3, 0.4) is 0 Å². The van der Waals surface area contributed by atoms with E-state index in [1.165, 1.54) is 0 Å². The standard InChI is InChI=1S/C19H30N4O2/c1-14(25)21-15-5-7-16(8-6-15)23-11-9-17(13-24)22(2)19-4-3-10-20-18(19)12-23/h3-4,10,15-17,24H,5-9,11-13H2,1-2H3,(H,21,25)/t15?,16?,17-/m0/s1. The topological polar surface area (TPSA) is 68.7 Å². The van der Waals surface area contributed by atoms with Crippen molar-refractivity contribution in [2.45, 2.75) is 63.7 Å². The van der Waals surface area contributed by atoms with Crippen molar-refractivity contribution in [2.75, 3.05) is 25.1 Å². The van der Waals surface area contributed by atoms with E-state index in [0.717, 1.165) is 56.6 Å². The van der Waals surface area contributed by atoms with E-state index in [-0.39, 0.29) is 18.6 Å². The van der Waals surface area contributed by atoms with Gasteiger partial charge in [-0.3, -0.25) is 14.7 Å². The Morgan fingerprint density at radius 1 is 1.32 bits per heavy atom. The van der Waals surface area contributed by atoms with Gasteiger partial charge in [0.2, 0.25) is 5.91 Å². The van der Waals surface area contributed by atoms with Gasteiger partial charge in [-0.2, -0.15) is 0 Å². The molecule has 0 spiro atoms. The summed E-state index contributed by atoms with van der Waals surface area (Å²) in [6.45, 7) is 3.58. The molecule has 3 rings (SSSR count). The van der Waals surface area contributed by atoms with E-state index in [2.05, 4.69) is 33.2 Å². The number of aliphatic hydroxyl groups excluding tert-OH is 1. The van der Waals surface area contributed by atoms with Crippen LogP contribution in [0.1, 0.15) is 44.7 Å². The molecule has 6 heteroatoms. The summed E-state index contributed by atoms with van der Waals surface area (Å²) in [5.41, 5.74) is 2.21. The first-order chi connectivity index (χ1) is 12.1. The van der Waals surface area contributed by atoms with Crippen molar-refractivity contribution < 1.29 is 9.90 Å². The van der Waals surface area contributed by atoms with Gasteiger partial charge in [0.15, 0.2) is 0 Å². The zero-order valence-corrected chi connectivity index (χ0v) is 15.3. The highest BCUT2D eigenvalue weighted by atomic mass is 16.3. The molecule has 2 aliphatic rings. The van der Waals surface area contributed by atoms with E-state index in [4.69, 9.17) is 0 Å². The number of likely N-dealkylation sites (N-methyl/N-ethyl adjacent to an activating group) is 1. The Morgan fingerprint density at radius 2 is 2.08 bits per heavy atom. The van der Waals surface area contributed by atoms with Gasteiger partial charge in [-0.25, -0.2) is 0 Å². The number of hydrogen-bond donors (Lipinski definition) is 2. The van der Waals surface area contributed by atoms with Crippen LogP contribution in [0, 0.1) is 0 Å². The summed E-state index contributed by atoms with van der Waals surface area (Å²) in [6.07, 6.45) is 7.10. The van der Waals surface area contributed by atoms with Gasteiger partial charge in [0, 0.05) is 45.3 Å². The smallest absolute Gasteiger partial charge is 0.217 e. The van der Waals surface area contributed by atoms with Crippen LogP contribution in [0.5, 0.6) is 0 Å². The molecular weight excluding hydrogens is 316 g/mol. The molecule has 1 aliphatic carbocycles. The number of carbonyl (C=O) groups is 1. The SMILES string of the molecule is CC(=O)NC1CCC(N2CC[C@@H](CO)N(C)c3cccnc3C2)CC1. The van der Waals surface area contributed by atoms with Crippen LogP contribution in [-0.2, 0) is 11.3 Å². The number of aromatic nitrogens is 1. The molecule has 0 unspecified atom stereocenters. The van der Waals surface area contributed by atoms with Crippen molar-refractivity contribution >= 4 is 11.6 Å². The summed E-state index contributed by atoms with van der Waals surface area (Å²) < 4.78 is 0. The van der Waals surface area contributed by atoms with Crippen molar-refractivity contribution in [2.24, 2.45) is 0 Å². The lowest BCUT2D eigenvalue weighted by Gasteiger charge is -2.41. The molecule has 2 N–H and O–H groups in total. The van der Waals surface area contributed by atoms with E-state index in [9.17, 15) is 9.90 Å². The number of nitrogens with zero attached hydrogens (tertiary/aromatic N) is 3. The minimum Gasteiger partial charge on any atom is -0.394 e. The average molecular weight is 346 g/mol. The normalized spacial score (nSPS) is 28.0. The monoisotopic (exact) mass is 346 g/mol. The van der Waals surface area contributed by atoms with Crippen LogP contribution in [0.15, 0.2) is 18.3 Å². The Morgan fingerprint density at radius 3 is 2.76 bits per heavy atom. The number of rotatable bonds is 3. The third-order valence-corrected chi connectivity index (χ3v) is 5.73. The fourth-order valence-corrected chi connectivity index (χ4v) is 4.25. The third kappa shape index (κ3) is 4.30. The fourth-order valence-electron chi connectivity index (χ4n) is 4.25. The Labute approximate surface area is 150 Å². The average Bonchev–Trinajstić information content (AvgIpc) is 2.60. The second kappa shape index (κ2) is 8.15. The summed E-state index contributed by atoms with van der Waals surface area (Å²) in [5.74, 6) is 0.0710. The molecule has 138 valence electrons. The van der Waals surface area contributed by atoms with Gasteiger partial charge in [-0.05, 0) is 44.2 Å². The van der Waals surface area contributed by atoms with E-state index >= 15 is 0 Å². The molecule has 1 aliphatic heterocycles. The molecule has 2 heterocycles. The number of anilines is 1. The lowest BCUT2D eigenvalue weighted by Crippen LogP contribution is -2.47. The third-order valence-electron chi connectivity index (χ3n) is 5.73. The maximum atomic E-state index is 11.3. The van der Waals surface area contributed by atoms with Gasteiger partial charge in [-0.15, -0.1) is 0 Å². The summed E-state index contributed by atoms with van der Waals surface area (Å²) in [7, 11) is 2.05. The van der Waals surface area contributed by atoms with E-state index in [1.54, 1.807) is 6.92 Å². The molecule has 6 nitrogen and oxygen atoms in total. The maximum absolute atomic E-state index is 11.3. The molecule has 1 amide bonds. The van der Waals surface area contributed by atoms with Crippen LogP contribution < -0.4 is 10.2 Å². The van der Waals surface area contributed by atoms with Crippen molar-refractivity contribution in [3.63, 3.8) is 0 Å². The zero-order valence-electron chi connectivity index (χ0n) is 15.3. The number of nitrogens with one attached hydrogen (secondary N) is 1. The number of aliphatic hydroxyl groups is 1. The number of fused-ring (bicyclic) bond motifs is 1. The fraction of sp³-hybridized carbons (Fsp3) is 0.684. The van der Waals surface area contributed by atoms with Gasteiger partial charge >= 0.3 is 0 Å². The molecule has 1 aromatic heterocycles. The molecule has 1 atom stereocenters. The van der Waals surface area contributed by atoms with Crippen molar-refractivity contribution in [3.8, 4) is 0 Å². The van der Waals surface area contributed by atoms with E-state index in [1.807, 2.05) is 12.3 Å². The molecule has 0 bridgehead atoms. The Hall–Kier alpha value is -1.66. The van der Waals surface area contributed by atoms with Gasteiger partial charge in [0.25, 0.3) is 0 Å². The Kier molecular flexibility index (Phi) is 5.91. The van der Waals surface area contributed by atoms with Gasteiger partial charge in [0.05, 0.1) is 24.0 Å². The highest BCUT2D eigenvalue weighted by molar-refractivity contribution is 5.73. The van der Waals surface area contributed by atoms with Crippen LogP contribution in [0.2, 0.25) is 0 Å². The van der Waals surface area contributed by atoms with Gasteiger partial charge < -0.3 is 15.3 Å². The predicted octanol–water partition coefficient (Wildman–Crippen LogP) is 1.53. The summed E-state index contributed by atoms with van der Waals surface area (Å²) in [5, 5.41) is 12.9. The Balaban J connectivity index is 1.71. The molecular formula is C19H30N4O2. The quantitative estimate of drug-likeness (QED) is 0.869. The Bertz CT molecular complexity index is 587. The highest BCUT2D eigenvalue weighted by Crippen LogP contribution is 2.29. The van der Waals surface area contributed by atoms with E-state index < -0.39 is 0 Å². The number of amides is 1. The van der Waals surface area contributed by atoms with Crippen LogP contribution in [-0.4, -0.2) is 59.2 Å². The first-order valence-electron chi connectivity index (χ1n) is 9.37. The summed E-state index contributed by atoms with van der Waals surface area (Å²) in [4.78, 5) is 20.6. The molecule has 0 aromatic carbocycles. The van der Waals surface area contributed by atoms with E-state index in [0.29, 0.717) is 12.1 Å². The molecule has 0 radical (unpaired) electrons.